The average Bonchev–Trinajstić information content (AvgIpc) is 3.21. The van der Waals surface area contributed by atoms with E-state index in [1.165, 1.54) is 31.7 Å². The number of rotatable bonds is 7. The summed E-state index contributed by atoms with van der Waals surface area (Å²) in [5.41, 5.74) is 1.57. The normalized spacial score (nSPS) is 16.1. The van der Waals surface area contributed by atoms with Gasteiger partial charge in [-0.1, -0.05) is 6.42 Å². The molecule has 1 saturated heterocycles. The average molecular weight is 405 g/mol. The van der Waals surface area contributed by atoms with Crippen LogP contribution in [0.3, 0.4) is 0 Å². The molecule has 0 spiro atoms. The largest absolute Gasteiger partial charge is 0.440 e. The van der Waals surface area contributed by atoms with E-state index in [9.17, 15) is 0 Å². The van der Waals surface area contributed by atoms with Crippen molar-refractivity contribution in [1.82, 2.24) is 30.5 Å². The molecule has 3 aromatic rings. The van der Waals surface area contributed by atoms with Crippen molar-refractivity contribution in [2.75, 3.05) is 23.7 Å². The first-order valence-electron chi connectivity index (χ1n) is 9.98. The molecule has 0 radical (unpaired) electrons. The van der Waals surface area contributed by atoms with E-state index in [1.54, 1.807) is 6.20 Å². The van der Waals surface area contributed by atoms with Crippen molar-refractivity contribution in [1.29, 1.82) is 5.26 Å². The Kier molecular flexibility index (Phi) is 6.10. The van der Waals surface area contributed by atoms with E-state index < -0.39 is 0 Å². The Morgan fingerprint density at radius 2 is 2.10 bits per heavy atom. The maximum atomic E-state index is 8.85. The van der Waals surface area contributed by atoms with Gasteiger partial charge >= 0.3 is 0 Å². The molecular weight excluding hydrogens is 382 g/mol. The first-order valence-corrected chi connectivity index (χ1v) is 9.98. The highest BCUT2D eigenvalue weighted by atomic mass is 16.4. The number of aromatic nitrogens is 5. The van der Waals surface area contributed by atoms with Crippen LogP contribution in [0.15, 0.2) is 29.1 Å². The van der Waals surface area contributed by atoms with Gasteiger partial charge in [0, 0.05) is 18.7 Å². The Morgan fingerprint density at radius 3 is 2.80 bits per heavy atom. The molecule has 0 aromatic carbocycles. The molecule has 1 fully saturated rings. The Morgan fingerprint density at radius 1 is 1.17 bits per heavy atom. The minimum Gasteiger partial charge on any atom is -0.440 e. The summed E-state index contributed by atoms with van der Waals surface area (Å²) in [4.78, 5) is 12.4. The molecule has 3 N–H and O–H groups in total. The fraction of sp³-hybridized carbons (Fsp3) is 0.400. The van der Waals surface area contributed by atoms with Crippen LogP contribution in [0.25, 0.3) is 11.6 Å². The minimum atomic E-state index is 0.250. The maximum absolute atomic E-state index is 8.85. The molecule has 1 aliphatic heterocycles. The first kappa shape index (κ1) is 19.7. The van der Waals surface area contributed by atoms with Gasteiger partial charge in [0.1, 0.15) is 17.6 Å². The second kappa shape index (κ2) is 9.28. The lowest BCUT2D eigenvalue weighted by molar-refractivity contribution is 0.389. The van der Waals surface area contributed by atoms with Crippen LogP contribution < -0.4 is 16.0 Å². The number of aryl methyl sites for hydroxylation is 1. The second-order valence-electron chi connectivity index (χ2n) is 7.15. The fourth-order valence-corrected chi connectivity index (χ4v) is 3.34. The smallest absolute Gasteiger partial charge is 0.249 e. The van der Waals surface area contributed by atoms with Crippen LogP contribution in [0.5, 0.6) is 0 Å². The lowest BCUT2D eigenvalue weighted by atomic mass is 10.0. The summed E-state index contributed by atoms with van der Waals surface area (Å²) >= 11 is 0. The minimum absolute atomic E-state index is 0.250. The van der Waals surface area contributed by atoms with Crippen LogP contribution in [0.2, 0.25) is 0 Å². The van der Waals surface area contributed by atoms with Crippen LogP contribution in [0, 0.1) is 18.3 Å². The summed E-state index contributed by atoms with van der Waals surface area (Å²) in [6.07, 6.45) is 9.27. The highest BCUT2D eigenvalue weighted by Gasteiger charge is 2.16. The molecule has 10 heteroatoms. The number of nitrogens with zero attached hydrogens (tertiary/aromatic N) is 6. The molecule has 30 heavy (non-hydrogen) atoms. The molecule has 0 bridgehead atoms. The lowest BCUT2D eigenvalue weighted by Gasteiger charge is -2.23. The topological polar surface area (TPSA) is 137 Å². The van der Waals surface area contributed by atoms with Gasteiger partial charge in [-0.25, -0.2) is 15.0 Å². The molecule has 0 saturated carbocycles. The van der Waals surface area contributed by atoms with Crippen molar-refractivity contribution in [2.45, 2.75) is 38.6 Å². The van der Waals surface area contributed by atoms with Gasteiger partial charge in [0.15, 0.2) is 17.2 Å². The van der Waals surface area contributed by atoms with Crippen molar-refractivity contribution in [3.8, 4) is 17.7 Å². The monoisotopic (exact) mass is 405 g/mol. The molecular formula is C20H23N9O. The number of hydrogen-bond donors (Lipinski definition) is 3. The van der Waals surface area contributed by atoms with Crippen molar-refractivity contribution >= 4 is 17.3 Å². The van der Waals surface area contributed by atoms with Crippen LogP contribution in [0.4, 0.5) is 17.3 Å². The van der Waals surface area contributed by atoms with Gasteiger partial charge < -0.3 is 20.4 Å². The summed E-state index contributed by atoms with van der Waals surface area (Å²) < 4.78 is 5.65. The molecule has 0 aliphatic carbocycles. The SMILES string of the molecule is Cc1cnc(-c2nnc(Nc3cnc(C#N)cn3)cc2NCCC2CCCCN2)o1. The van der Waals surface area contributed by atoms with E-state index in [0.29, 0.717) is 35.0 Å². The molecule has 154 valence electrons. The molecule has 3 aromatic heterocycles. The molecule has 1 atom stereocenters. The Labute approximate surface area is 174 Å². The fourth-order valence-electron chi connectivity index (χ4n) is 3.34. The third kappa shape index (κ3) is 4.87. The number of hydrogen-bond acceptors (Lipinski definition) is 10. The molecule has 1 unspecified atom stereocenters. The van der Waals surface area contributed by atoms with Gasteiger partial charge in [-0.05, 0) is 32.7 Å². The lowest BCUT2D eigenvalue weighted by Crippen LogP contribution is -2.35. The maximum Gasteiger partial charge on any atom is 0.249 e. The molecule has 4 heterocycles. The highest BCUT2D eigenvalue weighted by Crippen LogP contribution is 2.27. The van der Waals surface area contributed by atoms with E-state index in [2.05, 4.69) is 41.1 Å². The van der Waals surface area contributed by atoms with E-state index in [0.717, 1.165) is 25.2 Å². The van der Waals surface area contributed by atoms with E-state index in [1.807, 2.05) is 19.1 Å². The van der Waals surface area contributed by atoms with E-state index in [4.69, 9.17) is 9.68 Å². The van der Waals surface area contributed by atoms with Gasteiger partial charge in [0.05, 0.1) is 24.3 Å². The van der Waals surface area contributed by atoms with Crippen molar-refractivity contribution in [3.63, 3.8) is 0 Å². The van der Waals surface area contributed by atoms with Crippen molar-refractivity contribution in [2.24, 2.45) is 0 Å². The number of nitriles is 1. The highest BCUT2D eigenvalue weighted by molar-refractivity contribution is 5.71. The predicted molar refractivity (Wildman–Crippen MR) is 111 cm³/mol. The summed E-state index contributed by atoms with van der Waals surface area (Å²) in [6.45, 7) is 3.71. The van der Waals surface area contributed by atoms with Gasteiger partial charge in [-0.3, -0.25) is 0 Å². The van der Waals surface area contributed by atoms with Gasteiger partial charge in [0.25, 0.3) is 0 Å². The van der Waals surface area contributed by atoms with E-state index >= 15 is 0 Å². The van der Waals surface area contributed by atoms with Gasteiger partial charge in [0.2, 0.25) is 5.89 Å². The zero-order chi connectivity index (χ0) is 20.8. The predicted octanol–water partition coefficient (Wildman–Crippen LogP) is 2.79. The van der Waals surface area contributed by atoms with Crippen molar-refractivity contribution in [3.05, 3.63) is 36.1 Å². The third-order valence-electron chi connectivity index (χ3n) is 4.86. The number of oxazole rings is 1. The van der Waals surface area contributed by atoms with Crippen LogP contribution in [0.1, 0.15) is 37.1 Å². The Bertz CT molecular complexity index is 1020. The van der Waals surface area contributed by atoms with Crippen LogP contribution in [-0.2, 0) is 0 Å². The van der Waals surface area contributed by atoms with E-state index in [-0.39, 0.29) is 5.69 Å². The van der Waals surface area contributed by atoms with Gasteiger partial charge in [-0.2, -0.15) is 5.26 Å². The Hall–Kier alpha value is -3.58. The Balaban J connectivity index is 1.51. The zero-order valence-corrected chi connectivity index (χ0v) is 16.7. The first-order chi connectivity index (χ1) is 14.7. The standard InChI is InChI=1S/C20H23N9O/c1-13-10-26-20(30-13)19-16(23-7-5-14-4-2-3-6-22-14)8-17(28-29-19)27-18-12-24-15(9-21)11-25-18/h8,10-12,14,22H,2-7H2,1H3,(H2,23,25,27,28). The number of piperidine rings is 1. The summed E-state index contributed by atoms with van der Waals surface area (Å²) in [5.74, 6) is 2.10. The molecule has 1 aliphatic rings. The second-order valence-corrected chi connectivity index (χ2v) is 7.15. The molecule has 4 rings (SSSR count). The number of anilines is 3. The van der Waals surface area contributed by atoms with Crippen LogP contribution in [-0.4, -0.2) is 44.3 Å². The summed E-state index contributed by atoms with van der Waals surface area (Å²) in [5, 5.41) is 27.4. The van der Waals surface area contributed by atoms with Crippen molar-refractivity contribution < 1.29 is 4.42 Å². The number of nitrogens with one attached hydrogen (secondary N) is 3. The summed E-state index contributed by atoms with van der Waals surface area (Å²) in [6, 6.07) is 4.31. The molecule has 10 nitrogen and oxygen atoms in total. The summed E-state index contributed by atoms with van der Waals surface area (Å²) in [7, 11) is 0. The molecule has 0 amide bonds. The quantitative estimate of drug-likeness (QED) is 0.538. The zero-order valence-electron chi connectivity index (χ0n) is 16.7. The third-order valence-corrected chi connectivity index (χ3v) is 4.86. The van der Waals surface area contributed by atoms with Crippen LogP contribution >= 0.6 is 0 Å². The van der Waals surface area contributed by atoms with Gasteiger partial charge in [-0.15, -0.1) is 10.2 Å².